The Hall–Kier alpha value is -1.72. The Kier molecular flexibility index (Phi) is 7.02. The molecule has 2 heterocycles. The highest BCUT2D eigenvalue weighted by Gasteiger charge is 2.21. The second-order valence-electron chi connectivity index (χ2n) is 7.61. The zero-order valence-electron chi connectivity index (χ0n) is 17.0. The summed E-state index contributed by atoms with van der Waals surface area (Å²) in [7, 11) is 0. The number of likely N-dealkylation sites (N-methyl/N-ethyl adjacent to an activating group) is 1. The van der Waals surface area contributed by atoms with Crippen LogP contribution in [0.3, 0.4) is 0 Å². The van der Waals surface area contributed by atoms with Crippen molar-refractivity contribution in [2.75, 3.05) is 50.7 Å². The van der Waals surface area contributed by atoms with Gasteiger partial charge in [-0.05, 0) is 69.6 Å². The van der Waals surface area contributed by atoms with Crippen molar-refractivity contribution < 1.29 is 4.39 Å². The van der Waals surface area contributed by atoms with E-state index in [0.717, 1.165) is 74.0 Å². The van der Waals surface area contributed by atoms with Gasteiger partial charge in [-0.2, -0.15) is 0 Å². The highest BCUT2D eigenvalue weighted by atomic mass is 19.1. The van der Waals surface area contributed by atoms with Crippen LogP contribution in [-0.2, 0) is 0 Å². The first-order valence-corrected chi connectivity index (χ1v) is 10.4. The average molecular weight is 373 g/mol. The molecule has 0 unspecified atom stereocenters. The zero-order valence-corrected chi connectivity index (χ0v) is 17.0. The number of hydrogen-bond acceptors (Lipinski definition) is 4. The van der Waals surface area contributed by atoms with E-state index < -0.39 is 0 Å². The number of nitrogens with one attached hydrogen (secondary N) is 1. The van der Waals surface area contributed by atoms with E-state index >= 15 is 0 Å². The van der Waals surface area contributed by atoms with Crippen LogP contribution in [0.4, 0.5) is 10.1 Å². The molecule has 1 fully saturated rings. The van der Waals surface area contributed by atoms with Crippen LogP contribution in [0.5, 0.6) is 0 Å². The lowest BCUT2D eigenvalue weighted by molar-refractivity contribution is 0.294. The van der Waals surface area contributed by atoms with Crippen LogP contribution >= 0.6 is 0 Å². The van der Waals surface area contributed by atoms with Crippen molar-refractivity contribution in [3.63, 3.8) is 0 Å². The van der Waals surface area contributed by atoms with Gasteiger partial charge in [-0.1, -0.05) is 13.8 Å². The lowest BCUT2D eigenvalue weighted by atomic mass is 9.96. The van der Waals surface area contributed by atoms with Crippen molar-refractivity contribution in [1.82, 2.24) is 15.2 Å². The molecule has 1 aliphatic heterocycles. The van der Waals surface area contributed by atoms with Crippen LogP contribution in [0.2, 0.25) is 0 Å². The van der Waals surface area contributed by atoms with Gasteiger partial charge < -0.3 is 15.1 Å². The minimum atomic E-state index is -0.193. The van der Waals surface area contributed by atoms with Gasteiger partial charge in [0.25, 0.3) is 0 Å². The molecule has 0 amide bonds. The summed E-state index contributed by atoms with van der Waals surface area (Å²) in [5.41, 5.74) is 3.00. The van der Waals surface area contributed by atoms with Crippen LogP contribution in [0.15, 0.2) is 24.3 Å². The summed E-state index contributed by atoms with van der Waals surface area (Å²) >= 11 is 0. The fourth-order valence-corrected chi connectivity index (χ4v) is 4.03. The van der Waals surface area contributed by atoms with Crippen LogP contribution in [0.25, 0.3) is 10.9 Å². The van der Waals surface area contributed by atoms with Crippen LogP contribution in [0, 0.1) is 18.7 Å². The van der Waals surface area contributed by atoms with Gasteiger partial charge in [-0.25, -0.2) is 4.39 Å². The Morgan fingerprint density at radius 2 is 1.93 bits per heavy atom. The molecule has 0 bridgehead atoms. The molecule has 5 heteroatoms. The molecule has 1 aromatic heterocycles. The molecule has 0 spiro atoms. The van der Waals surface area contributed by atoms with Gasteiger partial charge in [-0.3, -0.25) is 4.98 Å². The highest BCUT2D eigenvalue weighted by molar-refractivity contribution is 5.92. The lowest BCUT2D eigenvalue weighted by Crippen LogP contribution is -2.39. The molecule has 2 aromatic rings. The van der Waals surface area contributed by atoms with Gasteiger partial charge in [0.2, 0.25) is 0 Å². The van der Waals surface area contributed by atoms with Gasteiger partial charge in [-0.15, -0.1) is 0 Å². The fourth-order valence-electron chi connectivity index (χ4n) is 4.03. The van der Waals surface area contributed by atoms with Gasteiger partial charge in [0.15, 0.2) is 0 Å². The van der Waals surface area contributed by atoms with Crippen LogP contribution in [-0.4, -0.2) is 55.7 Å². The number of piperidine rings is 1. The summed E-state index contributed by atoms with van der Waals surface area (Å²) in [5.74, 6) is 0.533. The molecule has 1 saturated heterocycles. The van der Waals surface area contributed by atoms with Gasteiger partial charge >= 0.3 is 0 Å². The highest BCUT2D eigenvalue weighted by Crippen LogP contribution is 2.30. The number of halogens is 1. The first-order chi connectivity index (χ1) is 13.1. The average Bonchev–Trinajstić information content (AvgIpc) is 2.68. The largest absolute Gasteiger partial charge is 0.371 e. The fraction of sp³-hybridized carbons (Fsp3) is 0.591. The number of pyridine rings is 1. The normalized spacial score (nSPS) is 15.8. The third-order valence-electron chi connectivity index (χ3n) is 5.76. The van der Waals surface area contributed by atoms with E-state index in [1.54, 1.807) is 12.1 Å². The first kappa shape index (κ1) is 20.0. The summed E-state index contributed by atoms with van der Waals surface area (Å²) in [6, 6.07) is 7.00. The third-order valence-corrected chi connectivity index (χ3v) is 5.76. The minimum Gasteiger partial charge on any atom is -0.371 e. The molecule has 0 atom stereocenters. The molecule has 4 nitrogen and oxygen atoms in total. The Morgan fingerprint density at radius 1 is 1.19 bits per heavy atom. The predicted molar refractivity (Wildman–Crippen MR) is 112 cm³/mol. The molecule has 0 radical (unpaired) electrons. The Morgan fingerprint density at radius 3 is 2.63 bits per heavy atom. The number of nitrogens with zero attached hydrogens (tertiary/aromatic N) is 3. The summed E-state index contributed by atoms with van der Waals surface area (Å²) in [5, 5.41) is 4.56. The lowest BCUT2D eigenvalue weighted by Gasteiger charge is -2.34. The van der Waals surface area contributed by atoms with Gasteiger partial charge in [0, 0.05) is 42.9 Å². The van der Waals surface area contributed by atoms with E-state index in [-0.39, 0.29) is 5.82 Å². The van der Waals surface area contributed by atoms with E-state index in [9.17, 15) is 4.39 Å². The number of hydrogen-bond donors (Lipinski definition) is 1. The molecule has 27 heavy (non-hydrogen) atoms. The molecule has 3 rings (SSSR count). The second kappa shape index (κ2) is 9.47. The number of rotatable bonds is 8. The maximum atomic E-state index is 13.8. The maximum Gasteiger partial charge on any atom is 0.124 e. The Labute approximate surface area is 162 Å². The Balaban J connectivity index is 1.55. The summed E-state index contributed by atoms with van der Waals surface area (Å²) in [4.78, 5) is 9.41. The third kappa shape index (κ3) is 5.17. The van der Waals surface area contributed by atoms with Gasteiger partial charge in [0.05, 0.1) is 5.52 Å². The monoisotopic (exact) mass is 372 g/mol. The minimum absolute atomic E-state index is 0.193. The molecule has 148 valence electrons. The van der Waals surface area contributed by atoms with Crippen LogP contribution in [0.1, 0.15) is 32.4 Å². The van der Waals surface area contributed by atoms with Crippen LogP contribution < -0.4 is 10.2 Å². The van der Waals surface area contributed by atoms with Crippen molar-refractivity contribution in [3.05, 3.63) is 35.8 Å². The molecule has 1 aromatic carbocycles. The second-order valence-corrected chi connectivity index (χ2v) is 7.61. The van der Waals surface area contributed by atoms with E-state index in [1.807, 2.05) is 6.92 Å². The first-order valence-electron chi connectivity index (χ1n) is 10.4. The molecule has 0 saturated carbocycles. The van der Waals surface area contributed by atoms with Crippen molar-refractivity contribution >= 4 is 16.6 Å². The zero-order chi connectivity index (χ0) is 19.2. The predicted octanol–water partition coefficient (Wildman–Crippen LogP) is 3.83. The molecule has 0 aliphatic carbocycles. The van der Waals surface area contributed by atoms with E-state index in [1.165, 1.54) is 18.9 Å². The van der Waals surface area contributed by atoms with Crippen molar-refractivity contribution in [1.29, 1.82) is 0 Å². The van der Waals surface area contributed by atoms with E-state index in [4.69, 9.17) is 0 Å². The topological polar surface area (TPSA) is 31.4 Å². The number of aryl methyl sites for hydroxylation is 1. The van der Waals surface area contributed by atoms with E-state index in [0.29, 0.717) is 0 Å². The molecular formula is C22H33FN4. The SMILES string of the molecule is CCN(CC)CCNCC1CCN(c2cc(C)nc3ccc(F)cc23)CC1. The Bertz CT molecular complexity index is 736. The number of aromatic nitrogens is 1. The molecule has 1 aliphatic rings. The quantitative estimate of drug-likeness (QED) is 0.714. The van der Waals surface area contributed by atoms with E-state index in [2.05, 4.69) is 40.0 Å². The maximum absolute atomic E-state index is 13.8. The summed E-state index contributed by atoms with van der Waals surface area (Å²) in [6.07, 6.45) is 2.35. The number of benzene rings is 1. The molecular weight excluding hydrogens is 339 g/mol. The smallest absolute Gasteiger partial charge is 0.124 e. The van der Waals surface area contributed by atoms with Crippen molar-refractivity contribution in [2.45, 2.75) is 33.6 Å². The summed E-state index contributed by atoms with van der Waals surface area (Å²) < 4.78 is 13.8. The number of fused-ring (bicyclic) bond motifs is 1. The molecule has 1 N–H and O–H groups in total. The number of anilines is 1. The van der Waals surface area contributed by atoms with Gasteiger partial charge in [0.1, 0.15) is 5.82 Å². The summed E-state index contributed by atoms with van der Waals surface area (Å²) in [6.45, 7) is 14.0. The van der Waals surface area contributed by atoms with Crippen molar-refractivity contribution in [3.8, 4) is 0 Å². The standard InChI is InChI=1S/C22H33FN4/c1-4-26(5-2)13-10-24-16-18-8-11-27(12-9-18)22-14-17(3)25-21-7-6-19(23)15-20(21)22/h6-7,14-15,18,24H,4-5,8-13,16H2,1-3H3. The van der Waals surface area contributed by atoms with Crippen molar-refractivity contribution in [2.24, 2.45) is 5.92 Å².